The van der Waals surface area contributed by atoms with Crippen LogP contribution in [0.15, 0.2) is 24.3 Å². The summed E-state index contributed by atoms with van der Waals surface area (Å²) in [5.74, 6) is 0.750. The number of halogens is 1. The fourth-order valence-electron chi connectivity index (χ4n) is 3.82. The minimum absolute atomic E-state index is 0.0767. The van der Waals surface area contributed by atoms with Crippen LogP contribution in [0.2, 0.25) is 5.02 Å². The van der Waals surface area contributed by atoms with Crippen LogP contribution in [0, 0.1) is 5.92 Å². The average molecular weight is 393 g/mol. The molecular weight excluding hydrogens is 364 g/mol. The summed E-state index contributed by atoms with van der Waals surface area (Å²) in [7, 11) is 0. The molecule has 1 saturated heterocycles. The third kappa shape index (κ3) is 5.38. The minimum atomic E-state index is -0.491. The summed E-state index contributed by atoms with van der Waals surface area (Å²) < 4.78 is 5.31. The minimum Gasteiger partial charge on any atom is -0.444 e. The third-order valence-corrected chi connectivity index (χ3v) is 5.58. The maximum absolute atomic E-state index is 12.7. The Labute approximate surface area is 166 Å². The van der Waals surface area contributed by atoms with Crippen molar-refractivity contribution in [3.05, 3.63) is 34.9 Å². The molecule has 0 unspecified atom stereocenters. The summed E-state index contributed by atoms with van der Waals surface area (Å²) in [5.41, 5.74) is 0.753. The van der Waals surface area contributed by atoms with E-state index in [1.54, 1.807) is 0 Å². The second-order valence-corrected chi connectivity index (χ2v) is 9.12. The molecule has 2 aliphatic rings. The molecule has 1 N–H and O–H groups in total. The van der Waals surface area contributed by atoms with Crippen LogP contribution in [-0.2, 0) is 9.53 Å². The molecule has 2 amide bonds. The van der Waals surface area contributed by atoms with Gasteiger partial charge in [-0.1, -0.05) is 23.7 Å². The Morgan fingerprint density at radius 3 is 2.22 bits per heavy atom. The normalized spacial score (nSPS) is 23.5. The van der Waals surface area contributed by atoms with Gasteiger partial charge in [0, 0.05) is 36.0 Å². The molecular formula is C21H29ClN2O3. The summed E-state index contributed by atoms with van der Waals surface area (Å²) in [6, 6.07) is 7.99. The number of carbonyl (C=O) groups excluding carboxylic acids is 2. The molecule has 3 rings (SSSR count). The molecule has 0 bridgehead atoms. The van der Waals surface area contributed by atoms with E-state index >= 15 is 0 Å². The van der Waals surface area contributed by atoms with Gasteiger partial charge < -0.3 is 15.0 Å². The molecule has 6 heteroatoms. The van der Waals surface area contributed by atoms with Crippen LogP contribution >= 0.6 is 11.6 Å². The van der Waals surface area contributed by atoms with E-state index in [4.69, 9.17) is 16.3 Å². The fourth-order valence-corrected chi connectivity index (χ4v) is 3.95. The van der Waals surface area contributed by atoms with Crippen molar-refractivity contribution in [2.75, 3.05) is 13.1 Å². The standard InChI is InChI=1S/C21H29ClN2O3/c1-21(2,3)27-20(26)23-18-10-6-15(7-11-18)19(25)24-12-16(13-24)14-4-8-17(22)9-5-14/h4-5,8-9,15-16,18H,6-7,10-13H2,1-3H3,(H,23,26). The lowest BCUT2D eigenvalue weighted by molar-refractivity contribution is -0.141. The van der Waals surface area contributed by atoms with Gasteiger partial charge in [0.2, 0.25) is 5.91 Å². The largest absolute Gasteiger partial charge is 0.444 e. The zero-order valence-electron chi connectivity index (χ0n) is 16.3. The first kappa shape index (κ1) is 20.0. The van der Waals surface area contributed by atoms with E-state index in [9.17, 15) is 9.59 Å². The van der Waals surface area contributed by atoms with E-state index in [1.807, 2.05) is 49.9 Å². The molecule has 1 saturated carbocycles. The molecule has 0 spiro atoms. The number of nitrogens with zero attached hydrogens (tertiary/aromatic N) is 1. The summed E-state index contributed by atoms with van der Waals surface area (Å²) in [6.45, 7) is 7.14. The van der Waals surface area contributed by atoms with Crippen molar-refractivity contribution < 1.29 is 14.3 Å². The van der Waals surface area contributed by atoms with Crippen molar-refractivity contribution in [3.8, 4) is 0 Å². The van der Waals surface area contributed by atoms with Crippen molar-refractivity contribution in [1.29, 1.82) is 0 Å². The molecule has 0 atom stereocenters. The second kappa shape index (κ2) is 8.09. The van der Waals surface area contributed by atoms with Gasteiger partial charge in [0.25, 0.3) is 0 Å². The van der Waals surface area contributed by atoms with Crippen molar-refractivity contribution in [3.63, 3.8) is 0 Å². The van der Waals surface area contributed by atoms with Crippen molar-refractivity contribution in [2.24, 2.45) is 5.92 Å². The molecule has 1 heterocycles. The molecule has 5 nitrogen and oxygen atoms in total. The number of hydrogen-bond donors (Lipinski definition) is 1. The van der Waals surface area contributed by atoms with Crippen LogP contribution in [0.5, 0.6) is 0 Å². The lowest BCUT2D eigenvalue weighted by Gasteiger charge is -2.42. The molecule has 1 aliphatic carbocycles. The van der Waals surface area contributed by atoms with E-state index in [0.717, 1.165) is 43.8 Å². The number of amides is 2. The zero-order valence-corrected chi connectivity index (χ0v) is 17.1. The first-order chi connectivity index (χ1) is 12.7. The van der Waals surface area contributed by atoms with Crippen molar-refractivity contribution in [2.45, 2.75) is 64.0 Å². The van der Waals surface area contributed by atoms with Gasteiger partial charge in [-0.05, 0) is 64.2 Å². The first-order valence-corrected chi connectivity index (χ1v) is 10.1. The maximum atomic E-state index is 12.7. The van der Waals surface area contributed by atoms with Crippen LogP contribution in [0.25, 0.3) is 0 Å². The Bertz CT molecular complexity index is 670. The average Bonchev–Trinajstić information content (AvgIpc) is 2.54. The Morgan fingerprint density at radius 2 is 1.67 bits per heavy atom. The van der Waals surface area contributed by atoms with E-state index in [0.29, 0.717) is 5.92 Å². The molecule has 1 aromatic rings. The zero-order chi connectivity index (χ0) is 19.6. The molecule has 0 aromatic heterocycles. The highest BCUT2D eigenvalue weighted by atomic mass is 35.5. The smallest absolute Gasteiger partial charge is 0.407 e. The number of rotatable bonds is 3. The topological polar surface area (TPSA) is 58.6 Å². The van der Waals surface area contributed by atoms with Crippen LogP contribution in [0.3, 0.4) is 0 Å². The van der Waals surface area contributed by atoms with Crippen molar-refractivity contribution >= 4 is 23.6 Å². The Morgan fingerprint density at radius 1 is 1.07 bits per heavy atom. The van der Waals surface area contributed by atoms with Gasteiger partial charge >= 0.3 is 6.09 Å². The highest BCUT2D eigenvalue weighted by molar-refractivity contribution is 6.30. The predicted molar refractivity (Wildman–Crippen MR) is 106 cm³/mol. The Kier molecular flexibility index (Phi) is 5.99. The number of carbonyl (C=O) groups is 2. The number of ether oxygens (including phenoxy) is 1. The van der Waals surface area contributed by atoms with E-state index < -0.39 is 5.60 Å². The number of alkyl carbamates (subject to hydrolysis) is 1. The van der Waals surface area contributed by atoms with Gasteiger partial charge in [-0.2, -0.15) is 0 Å². The molecule has 1 aliphatic heterocycles. The molecule has 0 radical (unpaired) electrons. The maximum Gasteiger partial charge on any atom is 0.407 e. The summed E-state index contributed by atoms with van der Waals surface area (Å²) in [5, 5.41) is 3.67. The van der Waals surface area contributed by atoms with Gasteiger partial charge in [-0.15, -0.1) is 0 Å². The molecule has 2 fully saturated rings. The highest BCUT2D eigenvalue weighted by Crippen LogP contribution is 2.32. The third-order valence-electron chi connectivity index (χ3n) is 5.33. The number of nitrogens with one attached hydrogen (secondary N) is 1. The lowest BCUT2D eigenvalue weighted by atomic mass is 9.83. The summed E-state index contributed by atoms with van der Waals surface area (Å²) in [4.78, 5) is 26.6. The van der Waals surface area contributed by atoms with Crippen LogP contribution in [0.1, 0.15) is 57.9 Å². The quantitative estimate of drug-likeness (QED) is 0.831. The highest BCUT2D eigenvalue weighted by Gasteiger charge is 2.37. The number of hydrogen-bond acceptors (Lipinski definition) is 3. The number of benzene rings is 1. The molecule has 1 aromatic carbocycles. The van der Waals surface area contributed by atoms with Crippen LogP contribution in [0.4, 0.5) is 4.79 Å². The fraction of sp³-hybridized carbons (Fsp3) is 0.619. The van der Waals surface area contributed by atoms with Crippen LogP contribution in [-0.4, -0.2) is 41.6 Å². The van der Waals surface area contributed by atoms with E-state index in [-0.39, 0.29) is 24.0 Å². The van der Waals surface area contributed by atoms with Gasteiger partial charge in [0.1, 0.15) is 5.60 Å². The second-order valence-electron chi connectivity index (χ2n) is 8.69. The Hall–Kier alpha value is -1.75. The SMILES string of the molecule is CC(C)(C)OC(=O)NC1CCC(C(=O)N2CC(c3ccc(Cl)cc3)C2)CC1. The predicted octanol–water partition coefficient (Wildman–Crippen LogP) is 4.35. The van der Waals surface area contributed by atoms with Crippen molar-refractivity contribution in [1.82, 2.24) is 10.2 Å². The van der Waals surface area contributed by atoms with E-state index in [1.165, 1.54) is 5.56 Å². The number of likely N-dealkylation sites (tertiary alicyclic amines) is 1. The molecule has 148 valence electrons. The first-order valence-electron chi connectivity index (χ1n) is 9.75. The monoisotopic (exact) mass is 392 g/mol. The Balaban J connectivity index is 1.40. The van der Waals surface area contributed by atoms with Gasteiger partial charge in [0.15, 0.2) is 0 Å². The summed E-state index contributed by atoms with van der Waals surface area (Å²) >= 11 is 5.93. The van der Waals surface area contributed by atoms with Crippen LogP contribution < -0.4 is 5.32 Å². The van der Waals surface area contributed by atoms with Gasteiger partial charge in [-0.25, -0.2) is 4.79 Å². The summed E-state index contributed by atoms with van der Waals surface area (Å²) in [6.07, 6.45) is 2.92. The van der Waals surface area contributed by atoms with Gasteiger partial charge in [0.05, 0.1) is 0 Å². The lowest BCUT2D eigenvalue weighted by Crippen LogP contribution is -2.51. The molecule has 27 heavy (non-hydrogen) atoms. The van der Waals surface area contributed by atoms with Gasteiger partial charge in [-0.3, -0.25) is 4.79 Å². The van der Waals surface area contributed by atoms with E-state index in [2.05, 4.69) is 5.32 Å².